The first-order chi connectivity index (χ1) is 19.4. The van der Waals surface area contributed by atoms with Crippen LogP contribution in [-0.4, -0.2) is 48.8 Å². The molecular formula is C29H30N4O5S2. The Hall–Kier alpha value is -3.83. The Kier molecular flexibility index (Phi) is 8.41. The topological polar surface area (TPSA) is 104 Å². The zero-order chi connectivity index (χ0) is 28.2. The summed E-state index contributed by atoms with van der Waals surface area (Å²) in [4.78, 5) is 33.5. The number of hydrogen-bond acceptors (Lipinski definition) is 9. The Morgan fingerprint density at radius 2 is 1.80 bits per heavy atom. The number of amides is 1. The van der Waals surface area contributed by atoms with E-state index < -0.39 is 0 Å². The molecule has 0 aliphatic heterocycles. The fraction of sp³-hybridized carbons (Fsp3) is 0.310. The lowest BCUT2D eigenvalue weighted by molar-refractivity contribution is -0.118. The van der Waals surface area contributed by atoms with Gasteiger partial charge in [-0.25, -0.2) is 10.4 Å². The van der Waals surface area contributed by atoms with Crippen molar-refractivity contribution in [3.05, 3.63) is 68.3 Å². The third-order valence-electron chi connectivity index (χ3n) is 6.67. The Bertz CT molecular complexity index is 1620. The van der Waals surface area contributed by atoms with Crippen LogP contribution in [0, 0.1) is 6.92 Å². The summed E-state index contributed by atoms with van der Waals surface area (Å²) < 4.78 is 17.7. The van der Waals surface area contributed by atoms with Crippen LogP contribution in [0.3, 0.4) is 0 Å². The molecule has 1 N–H and O–H groups in total. The Morgan fingerprint density at radius 3 is 2.48 bits per heavy atom. The number of carbonyl (C=O) groups excluding carboxylic acids is 1. The van der Waals surface area contributed by atoms with E-state index in [4.69, 9.17) is 19.2 Å². The summed E-state index contributed by atoms with van der Waals surface area (Å²) in [5, 5.41) is 5.27. The number of nitrogens with zero attached hydrogens (tertiary/aromatic N) is 3. The second-order valence-corrected chi connectivity index (χ2v) is 11.3. The van der Waals surface area contributed by atoms with Gasteiger partial charge in [0, 0.05) is 10.4 Å². The van der Waals surface area contributed by atoms with E-state index in [0.29, 0.717) is 33.4 Å². The number of hydrogen-bond donors (Lipinski definition) is 1. The summed E-state index contributed by atoms with van der Waals surface area (Å²) in [5.41, 5.74) is 6.08. The number of methoxy groups -OCH3 is 3. The van der Waals surface area contributed by atoms with Gasteiger partial charge in [0.2, 0.25) is 5.75 Å². The summed E-state index contributed by atoms with van der Waals surface area (Å²) >= 11 is 2.81. The van der Waals surface area contributed by atoms with Gasteiger partial charge in [0.25, 0.3) is 11.5 Å². The third kappa shape index (κ3) is 5.57. The lowest BCUT2D eigenvalue weighted by atomic mass is 9.97. The number of ether oxygens (including phenoxy) is 3. The van der Waals surface area contributed by atoms with Crippen LogP contribution in [0.4, 0.5) is 0 Å². The van der Waals surface area contributed by atoms with Gasteiger partial charge < -0.3 is 14.2 Å². The number of carbonyl (C=O) groups is 1. The number of aromatic nitrogens is 2. The molecule has 5 rings (SSSR count). The average Bonchev–Trinajstić information content (AvgIpc) is 3.35. The summed E-state index contributed by atoms with van der Waals surface area (Å²) in [6, 6.07) is 11.2. The van der Waals surface area contributed by atoms with Crippen molar-refractivity contribution in [2.75, 3.05) is 27.1 Å². The molecule has 0 radical (unpaired) electrons. The molecule has 40 heavy (non-hydrogen) atoms. The number of benzene rings is 2. The molecular weight excluding hydrogens is 548 g/mol. The number of nitrogens with one attached hydrogen (secondary N) is 1. The maximum absolute atomic E-state index is 13.9. The molecule has 4 aromatic rings. The SMILES string of the molecule is COc1cc(/C=N\NC(=O)CSc2nc3sc4c(c3c(=O)n2-c2ccc(C)cc2)CCCC4)cc(OC)c1OC. The lowest BCUT2D eigenvalue weighted by Crippen LogP contribution is -2.24. The fourth-order valence-electron chi connectivity index (χ4n) is 4.72. The molecule has 0 spiro atoms. The Labute approximate surface area is 240 Å². The Morgan fingerprint density at radius 1 is 1.10 bits per heavy atom. The first kappa shape index (κ1) is 27.7. The molecule has 1 aliphatic carbocycles. The predicted molar refractivity (Wildman–Crippen MR) is 159 cm³/mol. The van der Waals surface area contributed by atoms with E-state index in [2.05, 4.69) is 10.5 Å². The largest absolute Gasteiger partial charge is 0.493 e. The van der Waals surface area contributed by atoms with Crippen LogP contribution in [0.5, 0.6) is 17.2 Å². The van der Waals surface area contributed by atoms with E-state index >= 15 is 0 Å². The van der Waals surface area contributed by atoms with Crippen molar-refractivity contribution in [2.24, 2.45) is 5.10 Å². The van der Waals surface area contributed by atoms with Crippen molar-refractivity contribution in [2.45, 2.75) is 37.8 Å². The van der Waals surface area contributed by atoms with Crippen LogP contribution in [0.2, 0.25) is 0 Å². The van der Waals surface area contributed by atoms with Crippen LogP contribution in [0.25, 0.3) is 15.9 Å². The highest BCUT2D eigenvalue weighted by atomic mass is 32.2. The lowest BCUT2D eigenvalue weighted by Gasteiger charge is -2.13. The monoisotopic (exact) mass is 578 g/mol. The van der Waals surface area contributed by atoms with Crippen LogP contribution >= 0.6 is 23.1 Å². The number of hydrazone groups is 1. The zero-order valence-electron chi connectivity index (χ0n) is 22.8. The quantitative estimate of drug-likeness (QED) is 0.130. The summed E-state index contributed by atoms with van der Waals surface area (Å²) in [6.07, 6.45) is 5.59. The summed E-state index contributed by atoms with van der Waals surface area (Å²) in [6.45, 7) is 2.00. The molecule has 0 unspecified atom stereocenters. The highest BCUT2D eigenvalue weighted by molar-refractivity contribution is 7.99. The van der Waals surface area contributed by atoms with Crippen molar-refractivity contribution in [3.8, 4) is 22.9 Å². The predicted octanol–water partition coefficient (Wildman–Crippen LogP) is 4.90. The average molecular weight is 579 g/mol. The van der Waals surface area contributed by atoms with Crippen LogP contribution in [0.1, 0.15) is 34.4 Å². The van der Waals surface area contributed by atoms with Gasteiger partial charge >= 0.3 is 0 Å². The van der Waals surface area contributed by atoms with Gasteiger partial charge in [-0.3, -0.25) is 14.2 Å². The molecule has 2 heterocycles. The number of rotatable bonds is 9. The Balaban J connectivity index is 1.38. The third-order valence-corrected chi connectivity index (χ3v) is 8.80. The molecule has 1 amide bonds. The molecule has 0 saturated heterocycles. The van der Waals surface area contributed by atoms with Crippen molar-refractivity contribution >= 4 is 45.4 Å². The second kappa shape index (κ2) is 12.1. The molecule has 0 bridgehead atoms. The fourth-order valence-corrected chi connectivity index (χ4v) is 6.83. The van der Waals surface area contributed by atoms with E-state index in [9.17, 15) is 9.59 Å². The minimum Gasteiger partial charge on any atom is -0.493 e. The van der Waals surface area contributed by atoms with Crippen molar-refractivity contribution < 1.29 is 19.0 Å². The van der Waals surface area contributed by atoms with E-state index in [1.165, 1.54) is 44.2 Å². The van der Waals surface area contributed by atoms with Gasteiger partial charge in [0.1, 0.15) is 4.83 Å². The van der Waals surface area contributed by atoms with Crippen LogP contribution < -0.4 is 25.2 Å². The van der Waals surface area contributed by atoms with Crippen molar-refractivity contribution in [1.82, 2.24) is 15.0 Å². The van der Waals surface area contributed by atoms with Gasteiger partial charge in [-0.2, -0.15) is 5.10 Å². The molecule has 2 aromatic carbocycles. The van der Waals surface area contributed by atoms with Crippen molar-refractivity contribution in [3.63, 3.8) is 0 Å². The molecule has 0 saturated carbocycles. The highest BCUT2D eigenvalue weighted by Gasteiger charge is 2.23. The molecule has 0 fully saturated rings. The maximum Gasteiger partial charge on any atom is 0.267 e. The summed E-state index contributed by atoms with van der Waals surface area (Å²) in [7, 11) is 4.60. The van der Waals surface area contributed by atoms with Gasteiger partial charge in [-0.15, -0.1) is 11.3 Å². The minimum atomic E-state index is -0.330. The van der Waals surface area contributed by atoms with Gasteiger partial charge in [0.05, 0.1) is 44.4 Å². The highest BCUT2D eigenvalue weighted by Crippen LogP contribution is 2.38. The smallest absolute Gasteiger partial charge is 0.267 e. The van der Waals surface area contributed by atoms with E-state index in [1.807, 2.05) is 31.2 Å². The van der Waals surface area contributed by atoms with E-state index in [1.54, 1.807) is 28.0 Å². The van der Waals surface area contributed by atoms with Crippen LogP contribution in [0.15, 0.2) is 51.5 Å². The van der Waals surface area contributed by atoms with Gasteiger partial charge in [0.15, 0.2) is 16.7 Å². The first-order valence-electron chi connectivity index (χ1n) is 12.8. The normalized spacial score (nSPS) is 12.9. The molecule has 0 atom stereocenters. The van der Waals surface area contributed by atoms with Crippen LogP contribution in [-0.2, 0) is 17.6 Å². The number of thioether (sulfide) groups is 1. The van der Waals surface area contributed by atoms with Gasteiger partial charge in [-0.1, -0.05) is 29.5 Å². The molecule has 9 nitrogen and oxygen atoms in total. The second-order valence-electron chi connectivity index (χ2n) is 9.30. The molecule has 208 valence electrons. The molecule has 11 heteroatoms. The van der Waals surface area contributed by atoms with E-state index in [-0.39, 0.29) is 17.2 Å². The number of thiophene rings is 1. The summed E-state index contributed by atoms with van der Waals surface area (Å²) in [5.74, 6) is 1.14. The van der Waals surface area contributed by atoms with Gasteiger partial charge in [-0.05, 0) is 62.4 Å². The zero-order valence-corrected chi connectivity index (χ0v) is 24.4. The maximum atomic E-state index is 13.9. The van der Waals surface area contributed by atoms with E-state index in [0.717, 1.165) is 47.3 Å². The standard InChI is InChI=1S/C29H30N4O5S2/c1-17-9-11-19(12-10-17)33-28(35)25-20-7-5-6-8-23(20)40-27(25)31-29(33)39-16-24(34)32-30-15-18-13-21(36-2)26(38-4)22(14-18)37-3/h9-15H,5-8,16H2,1-4H3,(H,32,34)/b30-15-. The molecule has 2 aromatic heterocycles. The number of fused-ring (bicyclic) bond motifs is 3. The number of aryl methyl sites for hydroxylation is 3. The van der Waals surface area contributed by atoms with Crippen molar-refractivity contribution in [1.29, 1.82) is 0 Å². The first-order valence-corrected chi connectivity index (χ1v) is 14.6. The minimum absolute atomic E-state index is 0.0293. The molecule has 1 aliphatic rings.